The molecule has 0 spiro atoms. The van der Waals surface area contributed by atoms with Gasteiger partial charge in [0.25, 0.3) is 0 Å². The normalized spacial score (nSPS) is 19.2. The van der Waals surface area contributed by atoms with Crippen LogP contribution >= 0.6 is 0 Å². The van der Waals surface area contributed by atoms with Gasteiger partial charge in [-0.15, -0.1) is 0 Å². The van der Waals surface area contributed by atoms with E-state index in [9.17, 15) is 14.7 Å². The fourth-order valence-corrected chi connectivity index (χ4v) is 4.60. The van der Waals surface area contributed by atoms with Gasteiger partial charge in [-0.2, -0.15) is 0 Å². The zero-order valence-corrected chi connectivity index (χ0v) is 19.9. The van der Waals surface area contributed by atoms with Crippen molar-refractivity contribution in [1.29, 1.82) is 0 Å². The second-order valence-electron chi connectivity index (χ2n) is 9.38. The van der Waals surface area contributed by atoms with Gasteiger partial charge in [-0.05, 0) is 62.8 Å². The van der Waals surface area contributed by atoms with Crippen molar-refractivity contribution >= 4 is 12.1 Å². The van der Waals surface area contributed by atoms with Crippen molar-refractivity contribution in [3.63, 3.8) is 0 Å². The van der Waals surface area contributed by atoms with Gasteiger partial charge in [0.2, 0.25) is 0 Å². The molecule has 3 N–H and O–H groups in total. The molecule has 2 aliphatic rings. The van der Waals surface area contributed by atoms with E-state index in [1.54, 1.807) is 6.92 Å². The molecule has 2 fully saturated rings. The number of carbonyl (C=O) groups excluding carboxylic acids is 2. The lowest BCUT2D eigenvalue weighted by Crippen LogP contribution is -2.95. The standard InChI is InChI=1S/C14H19NO4.C12H23N/c1-3-10(2)12(13(16)17)15-14(18)19-9-11-7-5-4-6-8-11;1-3-7-11(8-4-1)13-12-9-5-2-6-10-12/h4-8,10,12H,3,9H2,1-2H3,(H,15,18)(H,16,17);11-13H,1-10H2/t10?,12-;/m1./s1. The molecule has 1 unspecified atom stereocenters. The third-order valence-electron chi connectivity index (χ3n) is 6.80. The van der Waals surface area contributed by atoms with Crippen LogP contribution in [0.5, 0.6) is 0 Å². The molecule has 6 heteroatoms. The van der Waals surface area contributed by atoms with Crippen molar-refractivity contribution in [3.05, 3.63) is 35.9 Å². The topological polar surface area (TPSA) is 95.1 Å². The van der Waals surface area contributed by atoms with Crippen LogP contribution in [0.25, 0.3) is 0 Å². The van der Waals surface area contributed by atoms with Crippen molar-refractivity contribution in [3.8, 4) is 0 Å². The maximum Gasteiger partial charge on any atom is 0.408 e. The summed E-state index contributed by atoms with van der Waals surface area (Å²) in [4.78, 5) is 22.5. The van der Waals surface area contributed by atoms with E-state index in [0.717, 1.165) is 17.6 Å². The van der Waals surface area contributed by atoms with E-state index in [1.807, 2.05) is 37.3 Å². The number of alkyl carbamates (subject to hydrolysis) is 1. The Hall–Kier alpha value is -2.08. The maximum atomic E-state index is 11.5. The van der Waals surface area contributed by atoms with Crippen LogP contribution in [0.3, 0.4) is 0 Å². The Labute approximate surface area is 193 Å². The predicted molar refractivity (Wildman–Crippen MR) is 124 cm³/mol. The summed E-state index contributed by atoms with van der Waals surface area (Å²) in [5.74, 6) is -1.51. The van der Waals surface area contributed by atoms with E-state index < -0.39 is 18.1 Å². The quantitative estimate of drug-likeness (QED) is 0.641. The molecule has 6 nitrogen and oxygen atoms in total. The fraction of sp³-hybridized carbons (Fsp3) is 0.692. The maximum absolute atomic E-state index is 11.5. The largest absolute Gasteiger partial charge is 0.548 e. The number of quaternary nitrogens is 1. The van der Waals surface area contributed by atoms with E-state index >= 15 is 0 Å². The minimum absolute atomic E-state index is 0.104. The average molecular weight is 447 g/mol. The number of nitrogens with two attached hydrogens (primary N) is 1. The van der Waals surface area contributed by atoms with Crippen LogP contribution in [0.2, 0.25) is 0 Å². The lowest BCUT2D eigenvalue weighted by atomic mass is 9.91. The number of carboxylic acid groups (broad SMARTS) is 1. The Morgan fingerprint density at radius 1 is 1.00 bits per heavy atom. The molecule has 0 radical (unpaired) electrons. The van der Waals surface area contributed by atoms with Gasteiger partial charge in [0.05, 0.1) is 24.1 Å². The van der Waals surface area contributed by atoms with Gasteiger partial charge in [-0.3, -0.25) is 0 Å². The second kappa shape index (κ2) is 14.9. The number of benzene rings is 1. The van der Waals surface area contributed by atoms with Gasteiger partial charge in [-0.25, -0.2) is 4.79 Å². The van der Waals surface area contributed by atoms with E-state index in [0.29, 0.717) is 6.42 Å². The summed E-state index contributed by atoms with van der Waals surface area (Å²) in [5.41, 5.74) is 0.839. The highest BCUT2D eigenvalue weighted by atomic mass is 16.5. The zero-order chi connectivity index (χ0) is 23.2. The third kappa shape index (κ3) is 10.0. The second-order valence-corrected chi connectivity index (χ2v) is 9.38. The molecule has 3 rings (SSSR count). The first kappa shape index (κ1) is 26.2. The minimum atomic E-state index is -1.30. The number of aliphatic carboxylic acids is 1. The van der Waals surface area contributed by atoms with Crippen LogP contribution in [0.15, 0.2) is 30.3 Å². The minimum Gasteiger partial charge on any atom is -0.548 e. The summed E-state index contributed by atoms with van der Waals surface area (Å²) >= 11 is 0. The van der Waals surface area contributed by atoms with Crippen LogP contribution < -0.4 is 15.7 Å². The summed E-state index contributed by atoms with van der Waals surface area (Å²) in [5, 5.41) is 16.0. The molecule has 2 atom stereocenters. The first-order chi connectivity index (χ1) is 15.5. The summed E-state index contributed by atoms with van der Waals surface area (Å²) in [6.07, 6.45) is 14.8. The van der Waals surface area contributed by atoms with Crippen molar-refractivity contribution in [2.45, 2.75) is 109 Å². The van der Waals surface area contributed by atoms with Gasteiger partial charge in [0.15, 0.2) is 0 Å². The molecule has 1 aromatic rings. The first-order valence-corrected chi connectivity index (χ1v) is 12.5. The number of hydrogen-bond acceptors (Lipinski definition) is 4. The number of carbonyl (C=O) groups is 2. The number of ether oxygens (including phenoxy) is 1. The van der Waals surface area contributed by atoms with Crippen molar-refractivity contribution < 1.29 is 24.7 Å². The van der Waals surface area contributed by atoms with Crippen molar-refractivity contribution in [2.24, 2.45) is 5.92 Å². The highest BCUT2D eigenvalue weighted by Gasteiger charge is 2.23. The molecule has 0 saturated heterocycles. The predicted octanol–water partition coefficient (Wildman–Crippen LogP) is 3.29. The van der Waals surface area contributed by atoms with Crippen LogP contribution in [0.4, 0.5) is 4.79 Å². The highest BCUT2D eigenvalue weighted by molar-refractivity contribution is 5.78. The van der Waals surface area contributed by atoms with Crippen LogP contribution in [0, 0.1) is 5.92 Å². The first-order valence-electron chi connectivity index (χ1n) is 12.5. The summed E-state index contributed by atoms with van der Waals surface area (Å²) in [6, 6.07) is 10.1. The molecule has 180 valence electrons. The Kier molecular flexibility index (Phi) is 12.2. The Balaban J connectivity index is 0.000000242. The molecule has 2 saturated carbocycles. The van der Waals surface area contributed by atoms with Gasteiger partial charge >= 0.3 is 6.09 Å². The molecule has 0 aromatic heterocycles. The smallest absolute Gasteiger partial charge is 0.408 e. The summed E-state index contributed by atoms with van der Waals surface area (Å²) in [7, 11) is 0. The molecule has 0 bridgehead atoms. The van der Waals surface area contributed by atoms with E-state index in [4.69, 9.17) is 4.74 Å². The monoisotopic (exact) mass is 446 g/mol. The highest BCUT2D eigenvalue weighted by Crippen LogP contribution is 2.18. The van der Waals surface area contributed by atoms with E-state index in [-0.39, 0.29) is 12.5 Å². The summed E-state index contributed by atoms with van der Waals surface area (Å²) in [6.45, 7) is 3.68. The number of amides is 1. The van der Waals surface area contributed by atoms with Gasteiger partial charge in [-0.1, -0.05) is 63.4 Å². The average Bonchev–Trinajstić information content (AvgIpc) is 2.83. The fourth-order valence-electron chi connectivity index (χ4n) is 4.60. The lowest BCUT2D eigenvalue weighted by molar-refractivity contribution is -0.725. The Bertz CT molecular complexity index is 639. The molecular formula is C26H42N2O4. The van der Waals surface area contributed by atoms with Gasteiger partial charge in [0, 0.05) is 0 Å². The van der Waals surface area contributed by atoms with E-state index in [2.05, 4.69) is 10.6 Å². The molecule has 0 aliphatic heterocycles. The van der Waals surface area contributed by atoms with Crippen LogP contribution in [-0.2, 0) is 16.1 Å². The summed E-state index contributed by atoms with van der Waals surface area (Å²) < 4.78 is 4.96. The third-order valence-corrected chi connectivity index (χ3v) is 6.80. The number of hydrogen-bond donors (Lipinski definition) is 2. The number of carboxylic acids is 1. The Morgan fingerprint density at radius 3 is 2.00 bits per heavy atom. The molecular weight excluding hydrogens is 404 g/mol. The number of nitrogens with one attached hydrogen (secondary N) is 1. The molecule has 2 aliphatic carbocycles. The molecule has 0 heterocycles. The molecule has 32 heavy (non-hydrogen) atoms. The SMILES string of the molecule is C1CCC([NH2+]C2CCCCC2)CC1.CCC(C)[C@@H](NC(=O)OCc1ccccc1)C(=O)[O-]. The van der Waals surface area contributed by atoms with Crippen molar-refractivity contribution in [2.75, 3.05) is 0 Å². The molecule has 1 amide bonds. The Morgan fingerprint density at radius 2 is 1.53 bits per heavy atom. The number of rotatable bonds is 8. The van der Waals surface area contributed by atoms with Crippen LogP contribution in [0.1, 0.15) is 90.0 Å². The van der Waals surface area contributed by atoms with E-state index in [1.165, 1.54) is 64.2 Å². The van der Waals surface area contributed by atoms with Gasteiger partial charge in [0.1, 0.15) is 6.61 Å². The molecule has 1 aromatic carbocycles. The van der Waals surface area contributed by atoms with Crippen molar-refractivity contribution in [1.82, 2.24) is 5.32 Å². The van der Waals surface area contributed by atoms with Crippen LogP contribution in [-0.4, -0.2) is 30.2 Å². The lowest BCUT2D eigenvalue weighted by Gasteiger charge is -2.27. The van der Waals surface area contributed by atoms with Gasteiger partial charge < -0.3 is 25.3 Å². The zero-order valence-electron chi connectivity index (χ0n) is 19.9.